The minimum absolute atomic E-state index is 0.0971. The van der Waals surface area contributed by atoms with Gasteiger partial charge in [0.05, 0.1) is 0 Å². The molecule has 0 N–H and O–H groups in total. The van der Waals surface area contributed by atoms with Crippen LogP contribution in [0, 0.1) is 0 Å². The molecule has 0 atom stereocenters. The van der Waals surface area contributed by atoms with Gasteiger partial charge in [0, 0.05) is 21.6 Å². The summed E-state index contributed by atoms with van der Waals surface area (Å²) in [5.41, 5.74) is 12.2. The van der Waals surface area contributed by atoms with Crippen molar-refractivity contribution < 1.29 is 4.42 Å². The molecule has 1 heteroatoms. The Labute approximate surface area is 267 Å². The lowest BCUT2D eigenvalue weighted by Crippen LogP contribution is -2.14. The van der Waals surface area contributed by atoms with E-state index in [1.807, 2.05) is 0 Å². The minimum Gasteiger partial charge on any atom is -0.455 e. The van der Waals surface area contributed by atoms with Crippen LogP contribution in [0.2, 0.25) is 0 Å². The standard InChI is InChI=1S/C45H30O/c1-45(2)39-24-21-29(31-15-9-19-41-43(31)37-22-20-28-11-4-6-14-32(28)44(37)46-41)26-38(39)42-36-18-8-17-34(35(36)23-25-40(42)45)33-16-7-12-27-10-3-5-13-30(27)33/h3-26H,1-2H3. The van der Waals surface area contributed by atoms with E-state index >= 15 is 0 Å². The molecular formula is C45H30O. The van der Waals surface area contributed by atoms with Gasteiger partial charge in [-0.05, 0) is 89.6 Å². The zero-order valence-electron chi connectivity index (χ0n) is 25.8. The number of rotatable bonds is 2. The van der Waals surface area contributed by atoms with Gasteiger partial charge >= 0.3 is 0 Å². The van der Waals surface area contributed by atoms with Gasteiger partial charge in [0.2, 0.25) is 0 Å². The van der Waals surface area contributed by atoms with Crippen molar-refractivity contribution in [3.8, 4) is 33.4 Å². The highest BCUT2D eigenvalue weighted by Crippen LogP contribution is 2.53. The van der Waals surface area contributed by atoms with Crippen molar-refractivity contribution in [2.75, 3.05) is 0 Å². The Bertz CT molecular complexity index is 2720. The van der Waals surface area contributed by atoms with Crippen molar-refractivity contribution in [1.29, 1.82) is 0 Å². The molecule has 0 aliphatic heterocycles. The normalized spacial score (nSPS) is 13.6. The second kappa shape index (κ2) is 9.19. The molecule has 8 aromatic carbocycles. The number of furan rings is 1. The summed E-state index contributed by atoms with van der Waals surface area (Å²) in [6.45, 7) is 4.74. The summed E-state index contributed by atoms with van der Waals surface area (Å²) in [7, 11) is 0. The van der Waals surface area contributed by atoms with Crippen molar-refractivity contribution >= 4 is 54.3 Å². The Morgan fingerprint density at radius 1 is 0.435 bits per heavy atom. The maximum atomic E-state index is 6.55. The maximum Gasteiger partial charge on any atom is 0.143 e. The third-order valence-electron chi connectivity index (χ3n) is 10.5. The van der Waals surface area contributed by atoms with E-state index in [0.29, 0.717) is 0 Å². The second-order valence-electron chi connectivity index (χ2n) is 13.2. The molecule has 46 heavy (non-hydrogen) atoms. The second-order valence-corrected chi connectivity index (χ2v) is 13.2. The quantitative estimate of drug-likeness (QED) is 0.196. The largest absolute Gasteiger partial charge is 0.455 e. The SMILES string of the molecule is CC1(C)c2ccc(-c3cccc4oc5c6ccccc6ccc5c34)cc2-c2c1ccc1c(-c3cccc4ccccc34)cccc21. The summed E-state index contributed by atoms with van der Waals surface area (Å²) in [5, 5.41) is 9.85. The van der Waals surface area contributed by atoms with Gasteiger partial charge in [-0.2, -0.15) is 0 Å². The molecule has 10 rings (SSSR count). The van der Waals surface area contributed by atoms with Crippen molar-refractivity contribution in [2.24, 2.45) is 0 Å². The molecule has 0 saturated heterocycles. The van der Waals surface area contributed by atoms with Crippen LogP contribution in [0.25, 0.3) is 87.6 Å². The van der Waals surface area contributed by atoms with E-state index in [9.17, 15) is 0 Å². The first kappa shape index (κ1) is 25.6. The van der Waals surface area contributed by atoms with Crippen LogP contribution in [0.5, 0.6) is 0 Å². The summed E-state index contributed by atoms with van der Waals surface area (Å²) < 4.78 is 6.55. The van der Waals surface area contributed by atoms with Crippen LogP contribution in [0.1, 0.15) is 25.0 Å². The first-order valence-corrected chi connectivity index (χ1v) is 16.1. The first-order valence-electron chi connectivity index (χ1n) is 16.1. The van der Waals surface area contributed by atoms with E-state index in [1.54, 1.807) is 0 Å². The van der Waals surface area contributed by atoms with Gasteiger partial charge < -0.3 is 4.42 Å². The molecule has 0 fully saturated rings. The monoisotopic (exact) mass is 586 g/mol. The van der Waals surface area contributed by atoms with E-state index in [-0.39, 0.29) is 5.41 Å². The third-order valence-corrected chi connectivity index (χ3v) is 10.5. The van der Waals surface area contributed by atoms with Gasteiger partial charge in [-0.15, -0.1) is 0 Å². The molecule has 0 radical (unpaired) electrons. The molecule has 1 aromatic heterocycles. The van der Waals surface area contributed by atoms with Gasteiger partial charge in [-0.1, -0.05) is 141 Å². The summed E-state index contributed by atoms with van der Waals surface area (Å²) in [5.74, 6) is 0. The predicted molar refractivity (Wildman–Crippen MR) is 195 cm³/mol. The van der Waals surface area contributed by atoms with E-state index < -0.39 is 0 Å². The highest BCUT2D eigenvalue weighted by Gasteiger charge is 2.37. The molecule has 1 nitrogen and oxygen atoms in total. The van der Waals surface area contributed by atoms with E-state index in [1.165, 1.54) is 76.8 Å². The van der Waals surface area contributed by atoms with Gasteiger partial charge in [0.25, 0.3) is 0 Å². The molecule has 0 unspecified atom stereocenters. The molecule has 0 amide bonds. The van der Waals surface area contributed by atoms with Gasteiger partial charge in [0.15, 0.2) is 0 Å². The Morgan fingerprint density at radius 2 is 1.07 bits per heavy atom. The van der Waals surface area contributed by atoms with Crippen LogP contribution in [0.4, 0.5) is 0 Å². The molecule has 1 aliphatic carbocycles. The molecule has 0 bridgehead atoms. The summed E-state index contributed by atoms with van der Waals surface area (Å²) in [6, 6.07) is 53.4. The summed E-state index contributed by atoms with van der Waals surface area (Å²) in [6.07, 6.45) is 0. The Hall–Kier alpha value is -5.66. The molecule has 0 spiro atoms. The van der Waals surface area contributed by atoms with Crippen LogP contribution in [0.15, 0.2) is 150 Å². The molecule has 0 saturated carbocycles. The molecule has 1 heterocycles. The highest BCUT2D eigenvalue weighted by molar-refractivity contribution is 6.19. The van der Waals surface area contributed by atoms with E-state index in [4.69, 9.17) is 4.42 Å². The van der Waals surface area contributed by atoms with Gasteiger partial charge in [0.1, 0.15) is 11.2 Å². The lowest BCUT2D eigenvalue weighted by atomic mass is 9.81. The zero-order valence-corrected chi connectivity index (χ0v) is 25.8. The van der Waals surface area contributed by atoms with Crippen LogP contribution in [-0.2, 0) is 5.41 Å². The van der Waals surface area contributed by atoms with Crippen molar-refractivity contribution in [1.82, 2.24) is 0 Å². The number of benzene rings is 8. The summed E-state index contributed by atoms with van der Waals surface area (Å²) in [4.78, 5) is 0. The molecule has 216 valence electrons. The predicted octanol–water partition coefficient (Wildman–Crippen LogP) is 12.7. The topological polar surface area (TPSA) is 13.1 Å². The Morgan fingerprint density at radius 3 is 1.93 bits per heavy atom. The average molecular weight is 587 g/mol. The smallest absolute Gasteiger partial charge is 0.143 e. The minimum atomic E-state index is -0.0971. The number of fused-ring (bicyclic) bond motifs is 11. The fourth-order valence-electron chi connectivity index (χ4n) is 8.27. The van der Waals surface area contributed by atoms with Crippen molar-refractivity contribution in [3.63, 3.8) is 0 Å². The van der Waals surface area contributed by atoms with Gasteiger partial charge in [-0.3, -0.25) is 0 Å². The average Bonchev–Trinajstić information content (AvgIpc) is 3.60. The van der Waals surface area contributed by atoms with Crippen LogP contribution in [-0.4, -0.2) is 0 Å². The van der Waals surface area contributed by atoms with E-state index in [2.05, 4.69) is 159 Å². The fraction of sp³-hybridized carbons (Fsp3) is 0.0667. The van der Waals surface area contributed by atoms with E-state index in [0.717, 1.165) is 21.9 Å². The summed E-state index contributed by atoms with van der Waals surface area (Å²) >= 11 is 0. The number of hydrogen-bond donors (Lipinski definition) is 0. The third kappa shape index (κ3) is 3.40. The lowest BCUT2D eigenvalue weighted by Gasteiger charge is -2.22. The highest BCUT2D eigenvalue weighted by atomic mass is 16.3. The van der Waals surface area contributed by atoms with Crippen LogP contribution in [0.3, 0.4) is 0 Å². The lowest BCUT2D eigenvalue weighted by molar-refractivity contribution is 0.661. The zero-order chi connectivity index (χ0) is 30.6. The fourth-order valence-corrected chi connectivity index (χ4v) is 8.27. The Balaban J connectivity index is 1.22. The molecular weight excluding hydrogens is 556 g/mol. The molecule has 9 aromatic rings. The number of hydrogen-bond acceptors (Lipinski definition) is 1. The van der Waals surface area contributed by atoms with Crippen molar-refractivity contribution in [3.05, 3.63) is 157 Å². The Kier molecular flexibility index (Phi) is 5.12. The van der Waals surface area contributed by atoms with Gasteiger partial charge in [-0.25, -0.2) is 0 Å². The van der Waals surface area contributed by atoms with Crippen LogP contribution >= 0.6 is 0 Å². The van der Waals surface area contributed by atoms with Crippen LogP contribution < -0.4 is 0 Å². The first-order chi connectivity index (χ1) is 22.6. The maximum absolute atomic E-state index is 6.55. The molecule has 1 aliphatic rings. The van der Waals surface area contributed by atoms with Crippen molar-refractivity contribution in [2.45, 2.75) is 19.3 Å².